The van der Waals surface area contributed by atoms with Gasteiger partial charge >= 0.3 is 5.97 Å². The smallest absolute Gasteiger partial charge is 0.337 e. The minimum Gasteiger partial charge on any atom is -0.478 e. The normalized spacial score (nSPS) is 10.3. The summed E-state index contributed by atoms with van der Waals surface area (Å²) < 4.78 is 0.947. The van der Waals surface area contributed by atoms with Gasteiger partial charge in [0.1, 0.15) is 0 Å². The van der Waals surface area contributed by atoms with E-state index in [1.807, 2.05) is 25.1 Å². The molecule has 0 aromatic heterocycles. The van der Waals surface area contributed by atoms with Gasteiger partial charge in [0.25, 0.3) is 0 Å². The van der Waals surface area contributed by atoms with Gasteiger partial charge in [0.15, 0.2) is 0 Å². The summed E-state index contributed by atoms with van der Waals surface area (Å²) in [6.45, 7) is 1.92. The van der Waals surface area contributed by atoms with Crippen molar-refractivity contribution in [2.24, 2.45) is 0 Å². The fourth-order valence-corrected chi connectivity index (χ4v) is 2.58. The van der Waals surface area contributed by atoms with E-state index in [0.717, 1.165) is 15.7 Å². The van der Waals surface area contributed by atoms with Crippen LogP contribution in [0.4, 0.5) is 17.1 Å². The van der Waals surface area contributed by atoms with Crippen molar-refractivity contribution in [3.8, 4) is 0 Å². The lowest BCUT2D eigenvalue weighted by atomic mass is 10.1. The molecule has 0 aliphatic heterocycles. The molecule has 0 atom stereocenters. The van der Waals surface area contributed by atoms with Gasteiger partial charge in [-0.25, -0.2) is 4.79 Å². The van der Waals surface area contributed by atoms with Crippen LogP contribution < -0.4 is 11.1 Å². The Morgan fingerprint density at radius 3 is 2.65 bits per heavy atom. The quantitative estimate of drug-likeness (QED) is 0.712. The Balaban J connectivity index is 2.50. The maximum absolute atomic E-state index is 11.3. The van der Waals surface area contributed by atoms with E-state index in [2.05, 4.69) is 21.2 Å². The Morgan fingerprint density at radius 1 is 1.35 bits per heavy atom. The first-order chi connectivity index (χ1) is 9.38. The molecule has 20 heavy (non-hydrogen) atoms. The largest absolute Gasteiger partial charge is 0.478 e. The number of nitrogen functional groups attached to an aromatic ring is 1. The Bertz CT molecular complexity index is 689. The molecule has 0 bridgehead atoms. The molecule has 0 saturated carbocycles. The molecule has 2 rings (SSSR count). The third kappa shape index (κ3) is 3.05. The van der Waals surface area contributed by atoms with Crippen molar-refractivity contribution >= 4 is 50.6 Å². The molecule has 4 nitrogen and oxygen atoms in total. The van der Waals surface area contributed by atoms with Gasteiger partial charge in [-0.3, -0.25) is 0 Å². The number of nitrogens with two attached hydrogens (primary N) is 1. The van der Waals surface area contributed by atoms with Crippen LogP contribution in [0.15, 0.2) is 34.8 Å². The zero-order chi connectivity index (χ0) is 14.9. The Hall–Kier alpha value is -1.72. The molecule has 4 N–H and O–H groups in total. The highest BCUT2D eigenvalue weighted by molar-refractivity contribution is 9.10. The maximum Gasteiger partial charge on any atom is 0.337 e. The molecule has 0 saturated heterocycles. The zero-order valence-electron chi connectivity index (χ0n) is 10.6. The highest BCUT2D eigenvalue weighted by Crippen LogP contribution is 2.33. The van der Waals surface area contributed by atoms with E-state index in [9.17, 15) is 9.90 Å². The maximum atomic E-state index is 11.3. The van der Waals surface area contributed by atoms with Crippen LogP contribution in [0.1, 0.15) is 15.9 Å². The molecule has 0 heterocycles. The minimum atomic E-state index is -1.09. The summed E-state index contributed by atoms with van der Waals surface area (Å²) in [7, 11) is 0. The highest BCUT2D eigenvalue weighted by atomic mass is 79.9. The molecule has 0 amide bonds. The van der Waals surface area contributed by atoms with Crippen LogP contribution in [0.2, 0.25) is 5.02 Å². The zero-order valence-corrected chi connectivity index (χ0v) is 12.9. The highest BCUT2D eigenvalue weighted by Gasteiger charge is 2.15. The van der Waals surface area contributed by atoms with Crippen molar-refractivity contribution in [2.45, 2.75) is 6.92 Å². The summed E-state index contributed by atoms with van der Waals surface area (Å²) in [5.41, 5.74) is 8.05. The molecule has 0 unspecified atom stereocenters. The summed E-state index contributed by atoms with van der Waals surface area (Å²) in [6.07, 6.45) is 0. The molecule has 0 aliphatic carbocycles. The van der Waals surface area contributed by atoms with Crippen LogP contribution in [0.5, 0.6) is 0 Å². The number of nitrogens with one attached hydrogen (secondary N) is 1. The van der Waals surface area contributed by atoms with Crippen molar-refractivity contribution in [3.63, 3.8) is 0 Å². The van der Waals surface area contributed by atoms with Crippen molar-refractivity contribution in [1.82, 2.24) is 0 Å². The third-order valence-corrected chi connectivity index (χ3v) is 3.58. The van der Waals surface area contributed by atoms with E-state index >= 15 is 0 Å². The van der Waals surface area contributed by atoms with E-state index in [1.54, 1.807) is 0 Å². The van der Waals surface area contributed by atoms with Crippen LogP contribution in [0.25, 0.3) is 0 Å². The molecule has 0 fully saturated rings. The lowest BCUT2D eigenvalue weighted by molar-refractivity contribution is 0.0698. The van der Waals surface area contributed by atoms with E-state index in [4.69, 9.17) is 17.3 Å². The Labute approximate surface area is 129 Å². The average Bonchev–Trinajstić information content (AvgIpc) is 2.34. The van der Waals surface area contributed by atoms with E-state index < -0.39 is 5.97 Å². The number of hydrogen-bond acceptors (Lipinski definition) is 3. The van der Waals surface area contributed by atoms with Gasteiger partial charge in [0, 0.05) is 15.8 Å². The number of aryl methyl sites for hydroxylation is 1. The molecule has 0 radical (unpaired) electrons. The van der Waals surface area contributed by atoms with Crippen LogP contribution in [-0.2, 0) is 0 Å². The summed E-state index contributed by atoms with van der Waals surface area (Å²) in [5, 5.41) is 12.6. The van der Waals surface area contributed by atoms with Gasteiger partial charge in [-0.05, 0) is 42.8 Å². The van der Waals surface area contributed by atoms with E-state index in [0.29, 0.717) is 11.4 Å². The van der Waals surface area contributed by atoms with Gasteiger partial charge in [-0.2, -0.15) is 0 Å². The monoisotopic (exact) mass is 354 g/mol. The lowest BCUT2D eigenvalue weighted by Crippen LogP contribution is -2.05. The summed E-state index contributed by atoms with van der Waals surface area (Å²) >= 11 is 9.48. The van der Waals surface area contributed by atoms with Crippen molar-refractivity contribution < 1.29 is 9.90 Å². The van der Waals surface area contributed by atoms with Gasteiger partial charge in [-0.1, -0.05) is 27.5 Å². The first kappa shape index (κ1) is 14.7. The van der Waals surface area contributed by atoms with E-state index in [1.165, 1.54) is 12.1 Å². The second-order valence-electron chi connectivity index (χ2n) is 4.31. The van der Waals surface area contributed by atoms with Gasteiger partial charge in [0.05, 0.1) is 16.3 Å². The molecule has 2 aromatic rings. The van der Waals surface area contributed by atoms with Crippen molar-refractivity contribution in [3.05, 3.63) is 51.0 Å². The Kier molecular flexibility index (Phi) is 4.20. The van der Waals surface area contributed by atoms with Crippen LogP contribution >= 0.6 is 27.5 Å². The average molecular weight is 356 g/mol. The molecular weight excluding hydrogens is 344 g/mol. The number of hydrogen-bond donors (Lipinski definition) is 3. The number of carbonyl (C=O) groups is 1. The second kappa shape index (κ2) is 5.73. The summed E-state index contributed by atoms with van der Waals surface area (Å²) in [6, 6.07) is 8.53. The predicted octanol–water partition coefficient (Wildman–Crippen LogP) is 4.43. The molecule has 0 spiro atoms. The van der Waals surface area contributed by atoms with Gasteiger partial charge in [-0.15, -0.1) is 0 Å². The second-order valence-corrected chi connectivity index (χ2v) is 5.64. The van der Waals surface area contributed by atoms with Crippen molar-refractivity contribution in [2.75, 3.05) is 11.1 Å². The fraction of sp³-hybridized carbons (Fsp3) is 0.0714. The summed E-state index contributed by atoms with van der Waals surface area (Å²) in [5.74, 6) is -1.09. The third-order valence-electron chi connectivity index (χ3n) is 2.79. The van der Waals surface area contributed by atoms with Gasteiger partial charge in [0.2, 0.25) is 0 Å². The number of anilines is 3. The summed E-state index contributed by atoms with van der Waals surface area (Å²) in [4.78, 5) is 11.3. The van der Waals surface area contributed by atoms with Crippen molar-refractivity contribution in [1.29, 1.82) is 0 Å². The predicted molar refractivity (Wildman–Crippen MR) is 85.0 cm³/mol. The van der Waals surface area contributed by atoms with Crippen LogP contribution in [0.3, 0.4) is 0 Å². The number of benzene rings is 2. The van der Waals surface area contributed by atoms with Gasteiger partial charge < -0.3 is 16.2 Å². The van der Waals surface area contributed by atoms with Crippen LogP contribution in [-0.4, -0.2) is 11.1 Å². The van der Waals surface area contributed by atoms with E-state index in [-0.39, 0.29) is 10.6 Å². The lowest BCUT2D eigenvalue weighted by Gasteiger charge is -2.14. The molecular formula is C14H12BrClN2O2. The number of carboxylic acid groups (broad SMARTS) is 1. The first-order valence-corrected chi connectivity index (χ1v) is 6.91. The topological polar surface area (TPSA) is 75.3 Å². The number of aromatic carboxylic acids is 1. The minimum absolute atomic E-state index is 0.0392. The standard InChI is InChI=1S/C14H12BrClN2O2/c1-7-4-8(15)2-3-12(7)18-13-10(14(19)20)5-9(17)6-11(13)16/h2-6,18H,17H2,1H3,(H,19,20). The fourth-order valence-electron chi connectivity index (χ4n) is 1.83. The SMILES string of the molecule is Cc1cc(Br)ccc1Nc1c(Cl)cc(N)cc1C(=O)O. The molecule has 0 aliphatic rings. The molecule has 6 heteroatoms. The number of rotatable bonds is 3. The number of halogens is 2. The molecule has 104 valence electrons. The Morgan fingerprint density at radius 2 is 2.05 bits per heavy atom. The molecule has 2 aromatic carbocycles. The first-order valence-electron chi connectivity index (χ1n) is 5.74. The number of carboxylic acids is 1. The van der Waals surface area contributed by atoms with Crippen LogP contribution in [0, 0.1) is 6.92 Å².